The Morgan fingerprint density at radius 1 is 1.36 bits per heavy atom. The monoisotopic (exact) mass is 151 g/mol. The van der Waals surface area contributed by atoms with Crippen molar-refractivity contribution in [1.82, 2.24) is 9.89 Å². The van der Waals surface area contributed by atoms with Crippen molar-refractivity contribution in [3.8, 4) is 0 Å². The maximum atomic E-state index is 5.67. The lowest BCUT2D eigenvalue weighted by Crippen LogP contribution is -2.16. The van der Waals surface area contributed by atoms with Gasteiger partial charge in [0, 0.05) is 0 Å². The summed E-state index contributed by atoms with van der Waals surface area (Å²) in [5, 5.41) is 4.19. The normalized spacial score (nSPS) is 16.5. The summed E-state index contributed by atoms with van der Waals surface area (Å²) < 4.78 is 0. The Kier molecular flexibility index (Phi) is 1.37. The highest BCUT2D eigenvalue weighted by Crippen LogP contribution is 2.22. The Balaban J connectivity index is 2.52. The second-order valence-electron chi connectivity index (χ2n) is 3.16. The molecule has 0 aliphatic heterocycles. The number of fused-ring (bicyclic) bond motifs is 1. The third-order valence-corrected chi connectivity index (χ3v) is 2.41. The van der Waals surface area contributed by atoms with Gasteiger partial charge in [-0.05, 0) is 38.2 Å². The maximum Gasteiger partial charge on any atom is 0.0652 e. The van der Waals surface area contributed by atoms with E-state index in [-0.39, 0.29) is 0 Å². The van der Waals surface area contributed by atoms with Crippen molar-refractivity contribution in [1.29, 1.82) is 0 Å². The Hall–Kier alpha value is -0.990. The molecule has 2 rings (SSSR count). The molecule has 3 heteroatoms. The minimum atomic E-state index is 1.10. The van der Waals surface area contributed by atoms with Crippen molar-refractivity contribution in [3.63, 3.8) is 0 Å². The van der Waals surface area contributed by atoms with E-state index in [0.717, 1.165) is 12.1 Å². The van der Waals surface area contributed by atoms with E-state index in [2.05, 4.69) is 5.10 Å². The van der Waals surface area contributed by atoms with E-state index in [0.29, 0.717) is 0 Å². The Labute approximate surface area is 66.2 Å². The molecule has 11 heavy (non-hydrogen) atoms. The minimum Gasteiger partial charge on any atom is -0.323 e. The third-order valence-electron chi connectivity index (χ3n) is 2.41. The number of rotatable bonds is 0. The predicted octanol–water partition coefficient (Wildman–Crippen LogP) is 0.784. The van der Waals surface area contributed by atoms with Crippen LogP contribution in [0.2, 0.25) is 0 Å². The van der Waals surface area contributed by atoms with E-state index in [1.165, 1.54) is 30.5 Å². The lowest BCUT2D eigenvalue weighted by Gasteiger charge is -2.10. The summed E-state index contributed by atoms with van der Waals surface area (Å²) in [5.41, 5.74) is 3.75. The van der Waals surface area contributed by atoms with E-state index >= 15 is 0 Å². The summed E-state index contributed by atoms with van der Waals surface area (Å²) in [6, 6.07) is 0. The molecule has 0 atom stereocenters. The smallest absolute Gasteiger partial charge is 0.0652 e. The predicted molar refractivity (Wildman–Crippen MR) is 43.8 cm³/mol. The van der Waals surface area contributed by atoms with Crippen molar-refractivity contribution < 1.29 is 0 Å². The number of nitrogen functional groups attached to an aromatic ring is 1. The lowest BCUT2D eigenvalue weighted by molar-refractivity contribution is 0.643. The number of hydrogen-bond donors (Lipinski definition) is 1. The molecule has 0 radical (unpaired) electrons. The topological polar surface area (TPSA) is 43.8 Å². The number of nitrogens with two attached hydrogens (primary N) is 1. The fraction of sp³-hybridized carbons (Fsp3) is 0.625. The zero-order chi connectivity index (χ0) is 7.84. The van der Waals surface area contributed by atoms with E-state index in [1.807, 2.05) is 6.92 Å². The molecule has 60 valence electrons. The molecule has 3 nitrogen and oxygen atoms in total. The van der Waals surface area contributed by atoms with Gasteiger partial charge in [0.2, 0.25) is 0 Å². The van der Waals surface area contributed by atoms with Gasteiger partial charge in [0.15, 0.2) is 0 Å². The van der Waals surface area contributed by atoms with Gasteiger partial charge in [-0.1, -0.05) is 0 Å². The molecule has 1 aliphatic carbocycles. The summed E-state index contributed by atoms with van der Waals surface area (Å²) in [6.07, 6.45) is 4.82. The fourth-order valence-corrected chi connectivity index (χ4v) is 1.81. The second-order valence-corrected chi connectivity index (χ2v) is 3.16. The second kappa shape index (κ2) is 2.26. The van der Waals surface area contributed by atoms with Crippen LogP contribution in [-0.2, 0) is 12.8 Å². The van der Waals surface area contributed by atoms with Crippen LogP contribution in [0.3, 0.4) is 0 Å². The van der Waals surface area contributed by atoms with Gasteiger partial charge in [0.05, 0.1) is 11.4 Å². The van der Waals surface area contributed by atoms with Crippen LogP contribution in [0.15, 0.2) is 0 Å². The fourth-order valence-electron chi connectivity index (χ4n) is 1.81. The molecule has 1 heterocycles. The van der Waals surface area contributed by atoms with Gasteiger partial charge in [0.1, 0.15) is 0 Å². The van der Waals surface area contributed by atoms with Gasteiger partial charge >= 0.3 is 0 Å². The van der Waals surface area contributed by atoms with Gasteiger partial charge in [0.25, 0.3) is 0 Å². The average molecular weight is 151 g/mol. The van der Waals surface area contributed by atoms with E-state index < -0.39 is 0 Å². The van der Waals surface area contributed by atoms with Crippen LogP contribution in [0.1, 0.15) is 29.8 Å². The number of aryl methyl sites for hydroxylation is 1. The Bertz CT molecular complexity index is 249. The van der Waals surface area contributed by atoms with Crippen LogP contribution in [-0.4, -0.2) is 9.89 Å². The van der Waals surface area contributed by atoms with Crippen molar-refractivity contribution in [2.24, 2.45) is 0 Å². The van der Waals surface area contributed by atoms with Crippen LogP contribution >= 0.6 is 0 Å². The molecule has 0 unspecified atom stereocenters. The molecule has 1 aromatic heterocycles. The van der Waals surface area contributed by atoms with E-state index in [9.17, 15) is 0 Å². The van der Waals surface area contributed by atoms with Crippen LogP contribution in [0.25, 0.3) is 0 Å². The average Bonchev–Trinajstić information content (AvgIpc) is 2.30. The first-order valence-corrected chi connectivity index (χ1v) is 4.11. The van der Waals surface area contributed by atoms with Gasteiger partial charge in [-0.25, -0.2) is 0 Å². The highest BCUT2D eigenvalue weighted by Gasteiger charge is 2.16. The van der Waals surface area contributed by atoms with Crippen LogP contribution in [0.4, 0.5) is 0 Å². The van der Waals surface area contributed by atoms with Crippen molar-refractivity contribution >= 4 is 0 Å². The highest BCUT2D eigenvalue weighted by molar-refractivity contribution is 5.27. The third kappa shape index (κ3) is 0.914. The molecule has 2 N–H and O–H groups in total. The van der Waals surface area contributed by atoms with Gasteiger partial charge in [-0.3, -0.25) is 0 Å². The number of hydrogen-bond acceptors (Lipinski definition) is 2. The SMILES string of the molecule is Cc1nn(N)c2c1CCCC2. The molecular formula is C8H13N3. The quantitative estimate of drug-likeness (QED) is 0.557. The van der Waals surface area contributed by atoms with Crippen molar-refractivity contribution in [2.45, 2.75) is 32.6 Å². The van der Waals surface area contributed by atoms with Gasteiger partial charge < -0.3 is 5.84 Å². The molecule has 1 aromatic rings. The molecular weight excluding hydrogens is 138 g/mol. The molecule has 0 spiro atoms. The summed E-state index contributed by atoms with van der Waals surface area (Å²) >= 11 is 0. The summed E-state index contributed by atoms with van der Waals surface area (Å²) in [7, 11) is 0. The van der Waals surface area contributed by atoms with E-state index in [4.69, 9.17) is 5.84 Å². The van der Waals surface area contributed by atoms with E-state index in [1.54, 1.807) is 4.79 Å². The summed E-state index contributed by atoms with van der Waals surface area (Å²) in [6.45, 7) is 2.04. The molecule has 0 saturated carbocycles. The largest absolute Gasteiger partial charge is 0.323 e. The zero-order valence-corrected chi connectivity index (χ0v) is 6.80. The molecule has 0 bridgehead atoms. The number of aromatic nitrogens is 2. The maximum absolute atomic E-state index is 5.67. The first-order valence-electron chi connectivity index (χ1n) is 4.11. The molecule has 0 amide bonds. The first kappa shape index (κ1) is 6.70. The zero-order valence-electron chi connectivity index (χ0n) is 6.80. The number of nitrogens with zero attached hydrogens (tertiary/aromatic N) is 2. The molecule has 1 aliphatic rings. The van der Waals surface area contributed by atoms with Crippen LogP contribution in [0.5, 0.6) is 0 Å². The van der Waals surface area contributed by atoms with Crippen molar-refractivity contribution in [3.05, 3.63) is 17.0 Å². The Morgan fingerprint density at radius 3 is 2.82 bits per heavy atom. The molecule has 0 saturated heterocycles. The van der Waals surface area contributed by atoms with Crippen molar-refractivity contribution in [2.75, 3.05) is 5.84 Å². The Morgan fingerprint density at radius 2 is 2.09 bits per heavy atom. The highest BCUT2D eigenvalue weighted by atomic mass is 15.5. The van der Waals surface area contributed by atoms with Crippen LogP contribution < -0.4 is 5.84 Å². The van der Waals surface area contributed by atoms with Crippen LogP contribution in [0, 0.1) is 6.92 Å². The minimum absolute atomic E-state index is 1.10. The summed E-state index contributed by atoms with van der Waals surface area (Å²) in [4.78, 5) is 1.55. The first-order chi connectivity index (χ1) is 5.29. The van der Waals surface area contributed by atoms with Gasteiger partial charge in [-0.15, -0.1) is 0 Å². The van der Waals surface area contributed by atoms with Gasteiger partial charge in [-0.2, -0.15) is 9.89 Å². The lowest BCUT2D eigenvalue weighted by atomic mass is 9.96. The standard InChI is InChI=1S/C8H13N3/c1-6-7-4-2-3-5-8(7)11(9)10-6/h2-5,9H2,1H3. The molecule has 0 fully saturated rings. The summed E-state index contributed by atoms with van der Waals surface area (Å²) in [5.74, 6) is 5.67. The molecule has 0 aromatic carbocycles.